The first-order valence-electron chi connectivity index (χ1n) is 6.00. The van der Waals surface area contributed by atoms with Crippen LogP contribution >= 0.6 is 11.6 Å². The van der Waals surface area contributed by atoms with Gasteiger partial charge in [-0.15, -0.1) is 11.6 Å². The number of alkyl halides is 1. The SMILES string of the molecule is ClCCOCCCNCCN1CCCC1. The number of likely N-dealkylation sites (tertiary alicyclic amines) is 1. The van der Waals surface area contributed by atoms with Crippen molar-refractivity contribution in [2.24, 2.45) is 0 Å². The Balaban J connectivity index is 1.73. The van der Waals surface area contributed by atoms with Crippen LogP contribution in [0.2, 0.25) is 0 Å². The third-order valence-electron chi connectivity index (χ3n) is 2.67. The van der Waals surface area contributed by atoms with Crippen molar-refractivity contribution in [1.82, 2.24) is 10.2 Å². The molecule has 1 fully saturated rings. The molecule has 0 unspecified atom stereocenters. The van der Waals surface area contributed by atoms with Gasteiger partial charge in [0.2, 0.25) is 0 Å². The molecule has 1 aliphatic rings. The number of halogens is 1. The van der Waals surface area contributed by atoms with Gasteiger partial charge in [-0.1, -0.05) is 0 Å². The monoisotopic (exact) mass is 234 g/mol. The van der Waals surface area contributed by atoms with Crippen LogP contribution in [0.4, 0.5) is 0 Å². The molecule has 3 nitrogen and oxygen atoms in total. The topological polar surface area (TPSA) is 24.5 Å². The lowest BCUT2D eigenvalue weighted by Crippen LogP contribution is -2.30. The quantitative estimate of drug-likeness (QED) is 0.481. The molecule has 1 aliphatic heterocycles. The molecule has 0 aromatic heterocycles. The molecule has 0 atom stereocenters. The summed E-state index contributed by atoms with van der Waals surface area (Å²) >= 11 is 5.49. The van der Waals surface area contributed by atoms with E-state index in [1.165, 1.54) is 32.5 Å². The van der Waals surface area contributed by atoms with Crippen molar-refractivity contribution in [2.75, 3.05) is 51.8 Å². The fraction of sp³-hybridized carbons (Fsp3) is 1.00. The molecule has 0 saturated carbocycles. The lowest BCUT2D eigenvalue weighted by molar-refractivity contribution is 0.146. The summed E-state index contributed by atoms with van der Waals surface area (Å²) in [6, 6.07) is 0. The minimum atomic E-state index is 0.600. The molecule has 0 bridgehead atoms. The summed E-state index contributed by atoms with van der Waals surface area (Å²) in [4.78, 5) is 2.52. The van der Waals surface area contributed by atoms with Crippen molar-refractivity contribution in [1.29, 1.82) is 0 Å². The van der Waals surface area contributed by atoms with E-state index in [1.54, 1.807) is 0 Å². The Kier molecular flexibility index (Phi) is 8.29. The Bertz CT molecular complexity index is 141. The molecular weight excluding hydrogens is 212 g/mol. The van der Waals surface area contributed by atoms with E-state index in [0.717, 1.165) is 26.1 Å². The van der Waals surface area contributed by atoms with Crippen LogP contribution in [0.25, 0.3) is 0 Å². The summed E-state index contributed by atoms with van der Waals surface area (Å²) < 4.78 is 5.28. The highest BCUT2D eigenvalue weighted by molar-refractivity contribution is 6.17. The van der Waals surface area contributed by atoms with Crippen molar-refractivity contribution in [3.05, 3.63) is 0 Å². The van der Waals surface area contributed by atoms with E-state index in [-0.39, 0.29) is 0 Å². The van der Waals surface area contributed by atoms with Gasteiger partial charge in [0.25, 0.3) is 0 Å². The normalized spacial score (nSPS) is 17.4. The second kappa shape index (κ2) is 9.40. The van der Waals surface area contributed by atoms with Gasteiger partial charge in [-0.2, -0.15) is 0 Å². The van der Waals surface area contributed by atoms with E-state index < -0.39 is 0 Å². The fourth-order valence-electron chi connectivity index (χ4n) is 1.82. The summed E-state index contributed by atoms with van der Waals surface area (Å²) in [6.07, 6.45) is 3.84. The van der Waals surface area contributed by atoms with E-state index in [9.17, 15) is 0 Å². The highest BCUT2D eigenvalue weighted by Gasteiger charge is 2.09. The number of nitrogens with one attached hydrogen (secondary N) is 1. The number of rotatable bonds is 9. The van der Waals surface area contributed by atoms with Crippen molar-refractivity contribution < 1.29 is 4.74 Å². The summed E-state index contributed by atoms with van der Waals surface area (Å²) in [5.41, 5.74) is 0. The van der Waals surface area contributed by atoms with Gasteiger partial charge >= 0.3 is 0 Å². The summed E-state index contributed by atoms with van der Waals surface area (Å²) in [5, 5.41) is 3.43. The van der Waals surface area contributed by atoms with Crippen LogP contribution in [-0.4, -0.2) is 56.7 Å². The molecule has 90 valence electrons. The maximum Gasteiger partial charge on any atom is 0.0601 e. The van der Waals surface area contributed by atoms with Crippen LogP contribution in [0.15, 0.2) is 0 Å². The number of hydrogen-bond acceptors (Lipinski definition) is 3. The highest BCUT2D eigenvalue weighted by atomic mass is 35.5. The third-order valence-corrected chi connectivity index (χ3v) is 2.82. The third kappa shape index (κ3) is 7.12. The van der Waals surface area contributed by atoms with E-state index >= 15 is 0 Å². The minimum absolute atomic E-state index is 0.600. The lowest BCUT2D eigenvalue weighted by Gasteiger charge is -2.14. The maximum absolute atomic E-state index is 5.49. The van der Waals surface area contributed by atoms with Crippen LogP contribution in [0.5, 0.6) is 0 Å². The standard InChI is InChI=1S/C11H23ClN2O/c12-4-11-15-10-3-5-13-6-9-14-7-1-2-8-14/h13H,1-11H2. The Labute approximate surface area is 98.1 Å². The molecule has 1 saturated heterocycles. The summed E-state index contributed by atoms with van der Waals surface area (Å²) in [6.45, 7) is 7.44. The first-order valence-corrected chi connectivity index (χ1v) is 6.53. The van der Waals surface area contributed by atoms with E-state index in [1.807, 2.05) is 0 Å². The van der Waals surface area contributed by atoms with Crippen LogP contribution in [0.1, 0.15) is 19.3 Å². The van der Waals surface area contributed by atoms with Crippen LogP contribution < -0.4 is 5.32 Å². The molecule has 0 aromatic rings. The average molecular weight is 235 g/mol. The van der Waals surface area contributed by atoms with Gasteiger partial charge in [0, 0.05) is 25.6 Å². The molecule has 0 amide bonds. The van der Waals surface area contributed by atoms with Crippen LogP contribution in [-0.2, 0) is 4.74 Å². The summed E-state index contributed by atoms with van der Waals surface area (Å²) in [5.74, 6) is 0.600. The van der Waals surface area contributed by atoms with Gasteiger partial charge in [-0.3, -0.25) is 0 Å². The highest BCUT2D eigenvalue weighted by Crippen LogP contribution is 2.05. The zero-order valence-electron chi connectivity index (χ0n) is 9.51. The molecular formula is C11H23ClN2O. The van der Waals surface area contributed by atoms with E-state index in [4.69, 9.17) is 16.3 Å². The maximum atomic E-state index is 5.49. The number of hydrogen-bond donors (Lipinski definition) is 1. The van der Waals surface area contributed by atoms with E-state index in [2.05, 4.69) is 10.2 Å². The molecule has 0 aliphatic carbocycles. The Morgan fingerprint density at radius 1 is 1.13 bits per heavy atom. The number of nitrogens with zero attached hydrogens (tertiary/aromatic N) is 1. The molecule has 0 aromatic carbocycles. The van der Waals surface area contributed by atoms with Crippen molar-refractivity contribution in [2.45, 2.75) is 19.3 Å². The minimum Gasteiger partial charge on any atom is -0.380 e. The summed E-state index contributed by atoms with van der Waals surface area (Å²) in [7, 11) is 0. The molecule has 0 spiro atoms. The molecule has 15 heavy (non-hydrogen) atoms. The van der Waals surface area contributed by atoms with Gasteiger partial charge in [-0.05, 0) is 38.9 Å². The van der Waals surface area contributed by atoms with Crippen LogP contribution in [0, 0.1) is 0 Å². The van der Waals surface area contributed by atoms with Crippen molar-refractivity contribution >= 4 is 11.6 Å². The van der Waals surface area contributed by atoms with Gasteiger partial charge in [0.05, 0.1) is 6.61 Å². The predicted octanol–water partition coefficient (Wildman–Crippen LogP) is 1.32. The molecule has 0 radical (unpaired) electrons. The molecule has 1 rings (SSSR count). The molecule has 1 heterocycles. The fourth-order valence-corrected chi connectivity index (χ4v) is 1.93. The first-order chi connectivity index (χ1) is 7.43. The van der Waals surface area contributed by atoms with Gasteiger partial charge in [-0.25, -0.2) is 0 Å². The van der Waals surface area contributed by atoms with E-state index in [0.29, 0.717) is 12.5 Å². The van der Waals surface area contributed by atoms with Crippen molar-refractivity contribution in [3.63, 3.8) is 0 Å². The first kappa shape index (κ1) is 13.2. The average Bonchev–Trinajstić information content (AvgIpc) is 2.75. The van der Waals surface area contributed by atoms with Gasteiger partial charge in [0.15, 0.2) is 0 Å². The van der Waals surface area contributed by atoms with Crippen LogP contribution in [0.3, 0.4) is 0 Å². The number of ether oxygens (including phenoxy) is 1. The molecule has 1 N–H and O–H groups in total. The zero-order chi connectivity index (χ0) is 10.8. The Hall–Kier alpha value is 0.170. The second-order valence-electron chi connectivity index (χ2n) is 3.95. The largest absolute Gasteiger partial charge is 0.380 e. The van der Waals surface area contributed by atoms with Gasteiger partial charge < -0.3 is 15.0 Å². The van der Waals surface area contributed by atoms with Gasteiger partial charge in [0.1, 0.15) is 0 Å². The lowest BCUT2D eigenvalue weighted by atomic mass is 10.4. The zero-order valence-corrected chi connectivity index (χ0v) is 10.3. The second-order valence-corrected chi connectivity index (χ2v) is 4.33. The molecule has 4 heteroatoms. The van der Waals surface area contributed by atoms with Crippen molar-refractivity contribution in [3.8, 4) is 0 Å². The smallest absolute Gasteiger partial charge is 0.0601 e. The Morgan fingerprint density at radius 2 is 1.93 bits per heavy atom. The predicted molar refractivity (Wildman–Crippen MR) is 64.7 cm³/mol. The Morgan fingerprint density at radius 3 is 2.67 bits per heavy atom.